The Morgan fingerprint density at radius 3 is 2.76 bits per heavy atom. The minimum absolute atomic E-state index is 0.190. The van der Waals surface area contributed by atoms with Crippen molar-refractivity contribution in [3.8, 4) is 0 Å². The number of aryl methyl sites for hydroxylation is 1. The molecule has 0 bridgehead atoms. The highest BCUT2D eigenvalue weighted by atomic mass is 79.9. The molecule has 0 saturated heterocycles. The highest BCUT2D eigenvalue weighted by molar-refractivity contribution is 9.10. The van der Waals surface area contributed by atoms with Gasteiger partial charge in [-0.1, -0.05) is 12.1 Å². The van der Waals surface area contributed by atoms with Crippen LogP contribution in [0.2, 0.25) is 0 Å². The monoisotopic (exact) mass is 346 g/mol. The highest BCUT2D eigenvalue weighted by Crippen LogP contribution is 2.29. The zero-order valence-electron chi connectivity index (χ0n) is 11.2. The Bertz CT molecular complexity index is 835. The molecule has 0 atom stereocenters. The van der Waals surface area contributed by atoms with Crippen molar-refractivity contribution >= 4 is 44.3 Å². The summed E-state index contributed by atoms with van der Waals surface area (Å²) in [6, 6.07) is 10.7. The van der Waals surface area contributed by atoms with Crippen LogP contribution in [0.1, 0.15) is 5.56 Å². The Labute approximate surface area is 129 Å². The molecule has 3 rings (SSSR count). The van der Waals surface area contributed by atoms with Gasteiger partial charge in [-0.3, -0.25) is 0 Å². The summed E-state index contributed by atoms with van der Waals surface area (Å²) in [7, 11) is 0. The van der Waals surface area contributed by atoms with Crippen molar-refractivity contribution < 1.29 is 4.39 Å². The molecule has 0 spiro atoms. The fraction of sp³-hybridized carbons (Fsp3) is 0.0667. The first-order chi connectivity index (χ1) is 10.0. The van der Waals surface area contributed by atoms with Crippen molar-refractivity contribution in [2.45, 2.75) is 6.92 Å². The van der Waals surface area contributed by atoms with Gasteiger partial charge >= 0.3 is 0 Å². The lowest BCUT2D eigenvalue weighted by Crippen LogP contribution is -2.02. The molecule has 0 unspecified atom stereocenters. The molecule has 3 N–H and O–H groups in total. The SMILES string of the molecule is Cc1cc(F)c(Br)cc1Nc1nc(N)nc2ccccc12. The van der Waals surface area contributed by atoms with Gasteiger partial charge < -0.3 is 11.1 Å². The van der Waals surface area contributed by atoms with Crippen LogP contribution in [0.25, 0.3) is 10.9 Å². The lowest BCUT2D eigenvalue weighted by Gasteiger charge is -2.12. The van der Waals surface area contributed by atoms with Crippen molar-refractivity contribution in [3.05, 3.63) is 52.3 Å². The van der Waals surface area contributed by atoms with Gasteiger partial charge in [-0.2, -0.15) is 4.98 Å². The zero-order chi connectivity index (χ0) is 15.0. The summed E-state index contributed by atoms with van der Waals surface area (Å²) in [5.74, 6) is 0.486. The Morgan fingerprint density at radius 1 is 1.19 bits per heavy atom. The summed E-state index contributed by atoms with van der Waals surface area (Å²) in [4.78, 5) is 8.43. The second kappa shape index (κ2) is 5.29. The van der Waals surface area contributed by atoms with Gasteiger partial charge in [-0.05, 0) is 52.7 Å². The maximum Gasteiger partial charge on any atom is 0.222 e. The van der Waals surface area contributed by atoms with E-state index >= 15 is 0 Å². The Balaban J connectivity index is 2.12. The molecule has 3 aromatic rings. The van der Waals surface area contributed by atoms with E-state index in [-0.39, 0.29) is 11.8 Å². The number of aromatic nitrogens is 2. The predicted molar refractivity (Wildman–Crippen MR) is 86.1 cm³/mol. The van der Waals surface area contributed by atoms with Crippen LogP contribution in [-0.4, -0.2) is 9.97 Å². The molecule has 2 aromatic carbocycles. The van der Waals surface area contributed by atoms with E-state index in [1.54, 1.807) is 6.07 Å². The number of hydrogen-bond acceptors (Lipinski definition) is 4. The number of halogens is 2. The maximum atomic E-state index is 13.5. The number of nitrogens with two attached hydrogens (primary N) is 1. The molecule has 0 amide bonds. The first-order valence-electron chi connectivity index (χ1n) is 6.29. The third-order valence-electron chi connectivity index (χ3n) is 3.14. The van der Waals surface area contributed by atoms with E-state index < -0.39 is 0 Å². The fourth-order valence-electron chi connectivity index (χ4n) is 2.10. The van der Waals surface area contributed by atoms with E-state index in [0.717, 1.165) is 22.2 Å². The van der Waals surface area contributed by atoms with E-state index in [2.05, 4.69) is 31.2 Å². The smallest absolute Gasteiger partial charge is 0.222 e. The van der Waals surface area contributed by atoms with Crippen LogP contribution in [0, 0.1) is 12.7 Å². The van der Waals surface area contributed by atoms with Gasteiger partial charge in [-0.25, -0.2) is 9.37 Å². The van der Waals surface area contributed by atoms with Crippen LogP contribution < -0.4 is 11.1 Å². The van der Waals surface area contributed by atoms with Crippen LogP contribution in [-0.2, 0) is 0 Å². The molecule has 0 aliphatic heterocycles. The summed E-state index contributed by atoms with van der Waals surface area (Å²) in [6.45, 7) is 1.82. The van der Waals surface area contributed by atoms with Gasteiger partial charge in [0.2, 0.25) is 5.95 Å². The molecule has 6 heteroatoms. The van der Waals surface area contributed by atoms with Crippen LogP contribution >= 0.6 is 15.9 Å². The number of para-hydroxylation sites is 1. The second-order valence-corrected chi connectivity index (χ2v) is 5.51. The number of nitrogen functional groups attached to an aromatic ring is 1. The molecule has 0 radical (unpaired) electrons. The van der Waals surface area contributed by atoms with Crippen molar-refractivity contribution in [2.24, 2.45) is 0 Å². The van der Waals surface area contributed by atoms with Gasteiger partial charge in [0.1, 0.15) is 11.6 Å². The molecule has 1 aromatic heterocycles. The summed E-state index contributed by atoms with van der Waals surface area (Å²) in [5.41, 5.74) is 8.03. The lowest BCUT2D eigenvalue weighted by atomic mass is 10.2. The average Bonchev–Trinajstić information content (AvgIpc) is 2.44. The molecule has 106 valence electrons. The number of nitrogens with one attached hydrogen (secondary N) is 1. The fourth-order valence-corrected chi connectivity index (χ4v) is 2.44. The van der Waals surface area contributed by atoms with Gasteiger partial charge in [0.05, 0.1) is 9.99 Å². The predicted octanol–water partition coefficient (Wildman–Crippen LogP) is 4.17. The molecule has 21 heavy (non-hydrogen) atoms. The van der Waals surface area contributed by atoms with Gasteiger partial charge in [0.25, 0.3) is 0 Å². The molecule has 0 aliphatic rings. The zero-order valence-corrected chi connectivity index (χ0v) is 12.8. The van der Waals surface area contributed by atoms with E-state index in [4.69, 9.17) is 5.73 Å². The largest absolute Gasteiger partial charge is 0.368 e. The van der Waals surface area contributed by atoms with Crippen LogP contribution in [0.3, 0.4) is 0 Å². The van der Waals surface area contributed by atoms with E-state index in [9.17, 15) is 4.39 Å². The number of hydrogen-bond donors (Lipinski definition) is 2. The molecule has 4 nitrogen and oxygen atoms in total. The Kier molecular flexibility index (Phi) is 3.47. The van der Waals surface area contributed by atoms with Gasteiger partial charge in [0.15, 0.2) is 0 Å². The molecule has 1 heterocycles. The summed E-state index contributed by atoms with van der Waals surface area (Å²) in [6.07, 6.45) is 0. The maximum absolute atomic E-state index is 13.5. The number of nitrogens with zero attached hydrogens (tertiary/aromatic N) is 2. The van der Waals surface area contributed by atoms with E-state index in [0.29, 0.717) is 10.3 Å². The minimum atomic E-state index is -0.301. The molecular formula is C15H12BrFN4. The van der Waals surface area contributed by atoms with Crippen LogP contribution in [0.15, 0.2) is 40.9 Å². The van der Waals surface area contributed by atoms with Crippen molar-refractivity contribution in [2.75, 3.05) is 11.1 Å². The number of anilines is 3. The second-order valence-electron chi connectivity index (χ2n) is 4.65. The molecule has 0 aliphatic carbocycles. The summed E-state index contributed by atoms with van der Waals surface area (Å²) < 4.78 is 13.9. The topological polar surface area (TPSA) is 63.8 Å². The highest BCUT2D eigenvalue weighted by Gasteiger charge is 2.09. The first kappa shape index (κ1) is 13.8. The quantitative estimate of drug-likeness (QED) is 0.731. The van der Waals surface area contributed by atoms with Crippen molar-refractivity contribution in [1.29, 1.82) is 0 Å². The van der Waals surface area contributed by atoms with Crippen LogP contribution in [0.5, 0.6) is 0 Å². The van der Waals surface area contributed by atoms with Crippen molar-refractivity contribution in [1.82, 2.24) is 9.97 Å². The molecule has 0 fully saturated rings. The summed E-state index contributed by atoms with van der Waals surface area (Å²) >= 11 is 3.19. The number of rotatable bonds is 2. The average molecular weight is 347 g/mol. The number of benzene rings is 2. The normalized spacial score (nSPS) is 10.8. The third-order valence-corrected chi connectivity index (χ3v) is 3.75. The van der Waals surface area contributed by atoms with Gasteiger partial charge in [0, 0.05) is 11.1 Å². The third kappa shape index (κ3) is 2.67. The lowest BCUT2D eigenvalue weighted by molar-refractivity contribution is 0.620. The summed E-state index contributed by atoms with van der Waals surface area (Å²) in [5, 5.41) is 4.05. The number of fused-ring (bicyclic) bond motifs is 1. The van der Waals surface area contributed by atoms with E-state index in [1.165, 1.54) is 6.07 Å². The van der Waals surface area contributed by atoms with Gasteiger partial charge in [-0.15, -0.1) is 0 Å². The van der Waals surface area contributed by atoms with Crippen molar-refractivity contribution in [3.63, 3.8) is 0 Å². The first-order valence-corrected chi connectivity index (χ1v) is 7.09. The van der Waals surface area contributed by atoms with Crippen LogP contribution in [0.4, 0.5) is 21.8 Å². The molecule has 0 saturated carbocycles. The van der Waals surface area contributed by atoms with E-state index in [1.807, 2.05) is 31.2 Å². The minimum Gasteiger partial charge on any atom is -0.368 e. The standard InChI is InChI=1S/C15H12BrFN4/c1-8-6-11(17)10(16)7-13(8)19-14-9-4-2-3-5-12(9)20-15(18)21-14/h2-7H,1H3,(H3,18,19,20,21). The Hall–Kier alpha value is -2.21. The molecular weight excluding hydrogens is 335 g/mol. The Morgan fingerprint density at radius 2 is 1.95 bits per heavy atom.